The van der Waals surface area contributed by atoms with Crippen LogP contribution in [0.3, 0.4) is 0 Å². The first-order valence-electron chi connectivity index (χ1n) is 6.39. The van der Waals surface area contributed by atoms with Crippen molar-refractivity contribution in [1.82, 2.24) is 0 Å². The van der Waals surface area contributed by atoms with Gasteiger partial charge in [-0.25, -0.2) is 0 Å². The van der Waals surface area contributed by atoms with Crippen molar-refractivity contribution in [2.45, 2.75) is 32.6 Å². The molecule has 0 saturated heterocycles. The lowest BCUT2D eigenvalue weighted by Crippen LogP contribution is -2.35. The Hall–Kier alpha value is -0.820. The Balaban J connectivity index is 2.27. The maximum Gasteiger partial charge on any atom is 0.0780 e. The van der Waals surface area contributed by atoms with Crippen LogP contribution in [0, 0.1) is 0 Å². The fraction of sp³-hybridized carbons (Fsp3) is 0.600. The lowest BCUT2D eigenvalue weighted by Gasteiger charge is -2.23. The average Bonchev–Trinajstić information content (AvgIpc) is 2.24. The van der Waals surface area contributed by atoms with Crippen molar-refractivity contribution >= 4 is 0 Å². The molecule has 0 amide bonds. The number of unbranched alkanes of at least 4 members (excludes halogenated alkanes) is 1. The van der Waals surface area contributed by atoms with E-state index < -0.39 is 0 Å². The quantitative estimate of drug-likeness (QED) is 0.510. The van der Waals surface area contributed by atoms with Crippen LogP contribution in [-0.2, 0) is 12.8 Å². The molecule has 1 nitrogen and oxygen atoms in total. The summed E-state index contributed by atoms with van der Waals surface area (Å²) in [5, 5.41) is 0. The number of aryl methyl sites for hydroxylation is 2. The predicted octanol–water partition coefficient (Wildman–Crippen LogP) is 3.28. The molecule has 1 aromatic rings. The summed E-state index contributed by atoms with van der Waals surface area (Å²) in [7, 11) is 6.78. The molecule has 0 atom stereocenters. The molecule has 0 bridgehead atoms. The van der Waals surface area contributed by atoms with Crippen LogP contribution >= 0.6 is 0 Å². The summed E-state index contributed by atoms with van der Waals surface area (Å²) in [6.45, 7) is 3.48. The first-order valence-corrected chi connectivity index (χ1v) is 6.39. The highest BCUT2D eigenvalue weighted by Gasteiger charge is 2.05. The third-order valence-electron chi connectivity index (χ3n) is 2.98. The van der Waals surface area contributed by atoms with Gasteiger partial charge in [0.15, 0.2) is 0 Å². The first-order chi connectivity index (χ1) is 7.51. The molecule has 0 fully saturated rings. The lowest BCUT2D eigenvalue weighted by molar-refractivity contribution is -0.870. The summed E-state index contributed by atoms with van der Waals surface area (Å²) < 4.78 is 1.08. The van der Waals surface area contributed by atoms with Crippen LogP contribution in [0.15, 0.2) is 24.3 Å². The van der Waals surface area contributed by atoms with Crippen molar-refractivity contribution in [2.24, 2.45) is 0 Å². The highest BCUT2D eigenvalue weighted by atomic mass is 15.3. The molecule has 0 unspecified atom stereocenters. The minimum Gasteiger partial charge on any atom is -0.331 e. The van der Waals surface area contributed by atoms with Crippen molar-refractivity contribution in [1.29, 1.82) is 0 Å². The molecule has 1 rings (SSSR count). The predicted molar refractivity (Wildman–Crippen MR) is 71.7 cm³/mol. The van der Waals surface area contributed by atoms with Gasteiger partial charge in [0, 0.05) is 0 Å². The van der Waals surface area contributed by atoms with E-state index in [0.717, 1.165) is 10.9 Å². The monoisotopic (exact) mass is 220 g/mol. The number of hydrogen-bond donors (Lipinski definition) is 0. The van der Waals surface area contributed by atoms with Crippen LogP contribution in [0.2, 0.25) is 0 Å². The van der Waals surface area contributed by atoms with Gasteiger partial charge in [0.25, 0.3) is 0 Å². The Kier molecular flexibility index (Phi) is 5.01. The van der Waals surface area contributed by atoms with Crippen molar-refractivity contribution in [3.05, 3.63) is 35.4 Å². The van der Waals surface area contributed by atoms with Crippen LogP contribution in [0.4, 0.5) is 0 Å². The molecule has 0 aliphatic heterocycles. The molecule has 0 N–H and O–H groups in total. The summed E-state index contributed by atoms with van der Waals surface area (Å²) in [5.41, 5.74) is 2.92. The highest BCUT2D eigenvalue weighted by Crippen LogP contribution is 2.09. The molecule has 0 aromatic heterocycles. The zero-order valence-electron chi connectivity index (χ0n) is 11.3. The maximum absolute atomic E-state index is 2.28. The van der Waals surface area contributed by atoms with E-state index in [2.05, 4.69) is 52.3 Å². The Bertz CT molecular complexity index is 292. The number of nitrogens with zero attached hydrogens (tertiary/aromatic N) is 1. The second-order valence-electron chi connectivity index (χ2n) is 5.64. The molecule has 90 valence electrons. The molecular weight excluding hydrogens is 194 g/mol. The standard InChI is InChI=1S/C15H26N/c1-5-14-9-11-15(12-10-14)8-6-7-13-16(2,3)4/h9-12H,5-8,13H2,1-4H3/q+1. The normalized spacial score (nSPS) is 11.8. The van der Waals surface area contributed by atoms with Gasteiger partial charge in [0.05, 0.1) is 27.7 Å². The summed E-state index contributed by atoms with van der Waals surface area (Å²) >= 11 is 0. The Labute approximate surface area is 101 Å². The minimum atomic E-state index is 1.08. The van der Waals surface area contributed by atoms with Crippen molar-refractivity contribution in [2.75, 3.05) is 27.7 Å². The van der Waals surface area contributed by atoms with E-state index in [1.165, 1.54) is 36.9 Å². The molecule has 0 aliphatic rings. The lowest BCUT2D eigenvalue weighted by atomic mass is 10.0. The summed E-state index contributed by atoms with van der Waals surface area (Å²) in [6.07, 6.45) is 4.99. The molecule has 1 heteroatoms. The van der Waals surface area contributed by atoms with Crippen LogP contribution in [0.1, 0.15) is 30.9 Å². The van der Waals surface area contributed by atoms with E-state index in [1.807, 2.05) is 0 Å². The van der Waals surface area contributed by atoms with Crippen LogP contribution in [0.5, 0.6) is 0 Å². The Morgan fingerprint density at radius 3 is 1.94 bits per heavy atom. The number of rotatable bonds is 6. The molecule has 16 heavy (non-hydrogen) atoms. The number of hydrogen-bond acceptors (Lipinski definition) is 0. The molecule has 0 saturated carbocycles. The van der Waals surface area contributed by atoms with E-state index in [1.54, 1.807) is 0 Å². The SMILES string of the molecule is CCc1ccc(CCCC[N+](C)(C)C)cc1. The zero-order valence-corrected chi connectivity index (χ0v) is 11.3. The summed E-state index contributed by atoms with van der Waals surface area (Å²) in [5.74, 6) is 0. The van der Waals surface area contributed by atoms with Crippen molar-refractivity contribution < 1.29 is 4.48 Å². The van der Waals surface area contributed by atoms with E-state index in [4.69, 9.17) is 0 Å². The average molecular weight is 220 g/mol. The van der Waals surface area contributed by atoms with Gasteiger partial charge in [0.2, 0.25) is 0 Å². The topological polar surface area (TPSA) is 0 Å². The van der Waals surface area contributed by atoms with Crippen LogP contribution in [-0.4, -0.2) is 32.2 Å². The summed E-state index contributed by atoms with van der Waals surface area (Å²) in [6, 6.07) is 9.08. The van der Waals surface area contributed by atoms with Gasteiger partial charge < -0.3 is 4.48 Å². The fourth-order valence-electron chi connectivity index (χ4n) is 1.86. The zero-order chi connectivity index (χ0) is 12.0. The smallest absolute Gasteiger partial charge is 0.0780 e. The van der Waals surface area contributed by atoms with Gasteiger partial charge in [-0.2, -0.15) is 0 Å². The van der Waals surface area contributed by atoms with E-state index in [-0.39, 0.29) is 0 Å². The molecule has 1 aromatic carbocycles. The highest BCUT2D eigenvalue weighted by molar-refractivity contribution is 5.22. The molecule has 0 spiro atoms. The maximum atomic E-state index is 2.28. The Morgan fingerprint density at radius 2 is 1.44 bits per heavy atom. The number of quaternary nitrogens is 1. The van der Waals surface area contributed by atoms with Gasteiger partial charge in [-0.05, 0) is 36.8 Å². The second kappa shape index (κ2) is 6.05. The van der Waals surface area contributed by atoms with Gasteiger partial charge in [-0.1, -0.05) is 31.2 Å². The van der Waals surface area contributed by atoms with E-state index >= 15 is 0 Å². The molecule has 0 aliphatic carbocycles. The van der Waals surface area contributed by atoms with Gasteiger partial charge in [-0.3, -0.25) is 0 Å². The number of benzene rings is 1. The van der Waals surface area contributed by atoms with E-state index in [9.17, 15) is 0 Å². The fourth-order valence-corrected chi connectivity index (χ4v) is 1.86. The van der Waals surface area contributed by atoms with Crippen LogP contribution < -0.4 is 0 Å². The first kappa shape index (κ1) is 13.2. The van der Waals surface area contributed by atoms with Crippen molar-refractivity contribution in [3.8, 4) is 0 Å². The Morgan fingerprint density at radius 1 is 0.875 bits per heavy atom. The van der Waals surface area contributed by atoms with Gasteiger partial charge >= 0.3 is 0 Å². The van der Waals surface area contributed by atoms with Gasteiger partial charge in [0.1, 0.15) is 0 Å². The minimum absolute atomic E-state index is 1.08. The summed E-state index contributed by atoms with van der Waals surface area (Å²) in [4.78, 5) is 0. The third-order valence-corrected chi connectivity index (χ3v) is 2.98. The van der Waals surface area contributed by atoms with Crippen LogP contribution in [0.25, 0.3) is 0 Å². The largest absolute Gasteiger partial charge is 0.331 e. The molecular formula is C15H26N+. The van der Waals surface area contributed by atoms with Crippen molar-refractivity contribution in [3.63, 3.8) is 0 Å². The van der Waals surface area contributed by atoms with E-state index in [0.29, 0.717) is 0 Å². The second-order valence-corrected chi connectivity index (χ2v) is 5.64. The third kappa shape index (κ3) is 5.32. The van der Waals surface area contributed by atoms with Gasteiger partial charge in [-0.15, -0.1) is 0 Å². The molecule has 0 heterocycles. The molecule has 0 radical (unpaired) electrons.